The third-order valence-electron chi connectivity index (χ3n) is 2.11. The number of rotatable bonds is 5. The molecular weight excluding hydrogens is 140 g/mol. The Morgan fingerprint density at radius 3 is 2.27 bits per heavy atom. The fraction of sp³-hybridized carbons (Fsp3) is 0.778. The van der Waals surface area contributed by atoms with Gasteiger partial charge in [0.25, 0.3) is 0 Å². The molecule has 2 nitrogen and oxygen atoms in total. The van der Waals surface area contributed by atoms with Crippen LogP contribution in [0.1, 0.15) is 33.6 Å². The Balaban J connectivity index is 4.06. The third-order valence-corrected chi connectivity index (χ3v) is 2.11. The molecule has 0 radical (unpaired) electrons. The van der Waals surface area contributed by atoms with Crippen LogP contribution in [0.25, 0.3) is 0 Å². The summed E-state index contributed by atoms with van der Waals surface area (Å²) in [5.41, 5.74) is -0.305. The van der Waals surface area contributed by atoms with Crippen molar-refractivity contribution in [2.75, 3.05) is 0 Å². The van der Waals surface area contributed by atoms with Crippen molar-refractivity contribution in [1.29, 1.82) is 0 Å². The molecule has 0 aromatic rings. The van der Waals surface area contributed by atoms with Gasteiger partial charge >= 0.3 is 0 Å². The molecule has 2 atom stereocenters. The van der Waals surface area contributed by atoms with E-state index in [2.05, 4.69) is 0 Å². The maximum Gasteiger partial charge on any atom is 0.125 e. The molecule has 0 amide bonds. The molecule has 0 saturated carbocycles. The topological polar surface area (TPSA) is 34.1 Å². The number of aldehydes is 2. The first-order valence-corrected chi connectivity index (χ1v) is 3.99. The number of carbonyl (C=O) groups is 2. The zero-order valence-electron chi connectivity index (χ0n) is 7.46. The van der Waals surface area contributed by atoms with E-state index in [1.165, 1.54) is 0 Å². The summed E-state index contributed by atoms with van der Waals surface area (Å²) in [7, 11) is 0. The Labute approximate surface area is 68.0 Å². The average molecular weight is 156 g/mol. The molecule has 2 heteroatoms. The van der Waals surface area contributed by atoms with Crippen LogP contribution < -0.4 is 0 Å². The SMILES string of the molecule is CCC(C)(C=O)CC(C)C=O. The van der Waals surface area contributed by atoms with Gasteiger partial charge in [0.1, 0.15) is 12.6 Å². The van der Waals surface area contributed by atoms with Crippen molar-refractivity contribution in [3.8, 4) is 0 Å². The van der Waals surface area contributed by atoms with E-state index < -0.39 is 0 Å². The molecule has 0 saturated heterocycles. The van der Waals surface area contributed by atoms with Gasteiger partial charge in [0.05, 0.1) is 0 Å². The lowest BCUT2D eigenvalue weighted by atomic mass is 9.81. The van der Waals surface area contributed by atoms with Crippen molar-refractivity contribution in [2.24, 2.45) is 11.3 Å². The van der Waals surface area contributed by atoms with Crippen LogP contribution in [0, 0.1) is 11.3 Å². The predicted molar refractivity (Wildman–Crippen MR) is 44.3 cm³/mol. The highest BCUT2D eigenvalue weighted by Crippen LogP contribution is 2.26. The second kappa shape index (κ2) is 4.27. The lowest BCUT2D eigenvalue weighted by Crippen LogP contribution is -2.20. The Bertz CT molecular complexity index is 142. The summed E-state index contributed by atoms with van der Waals surface area (Å²) in [5, 5.41) is 0. The van der Waals surface area contributed by atoms with Crippen molar-refractivity contribution in [2.45, 2.75) is 33.6 Å². The quantitative estimate of drug-likeness (QED) is 0.569. The van der Waals surface area contributed by atoms with Gasteiger partial charge in [-0.05, 0) is 12.8 Å². The minimum Gasteiger partial charge on any atom is -0.303 e. The van der Waals surface area contributed by atoms with E-state index in [-0.39, 0.29) is 11.3 Å². The Hall–Kier alpha value is -0.660. The molecule has 0 aliphatic carbocycles. The van der Waals surface area contributed by atoms with E-state index in [1.54, 1.807) is 0 Å². The van der Waals surface area contributed by atoms with Gasteiger partial charge in [-0.25, -0.2) is 0 Å². The average Bonchev–Trinajstić information content (AvgIpc) is 2.04. The van der Waals surface area contributed by atoms with Gasteiger partial charge < -0.3 is 9.59 Å². The minimum atomic E-state index is -0.305. The van der Waals surface area contributed by atoms with Gasteiger partial charge in [-0.1, -0.05) is 20.8 Å². The Morgan fingerprint density at radius 1 is 1.45 bits per heavy atom. The molecule has 0 fully saturated rings. The van der Waals surface area contributed by atoms with Crippen LogP contribution in [-0.2, 0) is 9.59 Å². The molecule has 0 spiro atoms. The summed E-state index contributed by atoms with van der Waals surface area (Å²) in [6, 6.07) is 0. The molecule has 0 aliphatic rings. The summed E-state index contributed by atoms with van der Waals surface area (Å²) in [4.78, 5) is 20.9. The maximum atomic E-state index is 10.6. The summed E-state index contributed by atoms with van der Waals surface area (Å²) >= 11 is 0. The summed E-state index contributed by atoms with van der Waals surface area (Å²) < 4.78 is 0. The first kappa shape index (κ1) is 10.3. The zero-order valence-corrected chi connectivity index (χ0v) is 7.46. The molecule has 0 aliphatic heterocycles. The van der Waals surface area contributed by atoms with E-state index in [0.29, 0.717) is 6.42 Å². The van der Waals surface area contributed by atoms with Crippen LogP contribution in [0.4, 0.5) is 0 Å². The molecule has 0 bridgehead atoms. The summed E-state index contributed by atoms with van der Waals surface area (Å²) in [6.45, 7) is 5.69. The van der Waals surface area contributed by atoms with Gasteiger partial charge in [-0.3, -0.25) is 0 Å². The van der Waals surface area contributed by atoms with Crippen molar-refractivity contribution in [1.82, 2.24) is 0 Å². The first-order valence-electron chi connectivity index (χ1n) is 3.99. The highest BCUT2D eigenvalue weighted by molar-refractivity contribution is 5.61. The zero-order chi connectivity index (χ0) is 8.91. The second-order valence-electron chi connectivity index (χ2n) is 3.44. The van der Waals surface area contributed by atoms with E-state index >= 15 is 0 Å². The molecule has 0 aromatic heterocycles. The molecular formula is C9H16O2. The van der Waals surface area contributed by atoms with Crippen molar-refractivity contribution in [3.05, 3.63) is 0 Å². The van der Waals surface area contributed by atoms with Gasteiger partial charge in [0.2, 0.25) is 0 Å². The van der Waals surface area contributed by atoms with E-state index in [0.717, 1.165) is 19.0 Å². The minimum absolute atomic E-state index is 0.00912. The van der Waals surface area contributed by atoms with Crippen LogP contribution in [0.5, 0.6) is 0 Å². The smallest absolute Gasteiger partial charge is 0.125 e. The lowest BCUT2D eigenvalue weighted by molar-refractivity contribution is -0.117. The number of hydrogen-bond donors (Lipinski definition) is 0. The van der Waals surface area contributed by atoms with Crippen LogP contribution in [0.3, 0.4) is 0 Å². The largest absolute Gasteiger partial charge is 0.303 e. The predicted octanol–water partition coefficient (Wildman–Crippen LogP) is 1.83. The van der Waals surface area contributed by atoms with E-state index in [1.807, 2.05) is 20.8 Å². The molecule has 64 valence electrons. The third kappa shape index (κ3) is 3.30. The molecule has 0 N–H and O–H groups in total. The van der Waals surface area contributed by atoms with Gasteiger partial charge in [-0.2, -0.15) is 0 Å². The standard InChI is InChI=1S/C9H16O2/c1-4-9(3,7-11)5-8(2)6-10/h6-8H,4-5H2,1-3H3. The summed E-state index contributed by atoms with van der Waals surface area (Å²) in [6.07, 6.45) is 3.32. The fourth-order valence-electron chi connectivity index (χ4n) is 1.06. The van der Waals surface area contributed by atoms with Crippen molar-refractivity contribution in [3.63, 3.8) is 0 Å². The Morgan fingerprint density at radius 2 is 2.00 bits per heavy atom. The molecule has 0 aromatic carbocycles. The van der Waals surface area contributed by atoms with E-state index in [9.17, 15) is 9.59 Å². The van der Waals surface area contributed by atoms with Crippen LogP contribution in [0.15, 0.2) is 0 Å². The summed E-state index contributed by atoms with van der Waals surface area (Å²) in [5.74, 6) is -0.00912. The molecule has 0 rings (SSSR count). The number of carbonyl (C=O) groups excluding carboxylic acids is 2. The van der Waals surface area contributed by atoms with Gasteiger partial charge in [0.15, 0.2) is 0 Å². The highest BCUT2D eigenvalue weighted by atomic mass is 16.1. The van der Waals surface area contributed by atoms with Crippen LogP contribution in [-0.4, -0.2) is 12.6 Å². The van der Waals surface area contributed by atoms with E-state index in [4.69, 9.17) is 0 Å². The van der Waals surface area contributed by atoms with Crippen LogP contribution in [0.2, 0.25) is 0 Å². The monoisotopic (exact) mass is 156 g/mol. The second-order valence-corrected chi connectivity index (χ2v) is 3.44. The number of hydrogen-bond acceptors (Lipinski definition) is 2. The van der Waals surface area contributed by atoms with Gasteiger partial charge in [0, 0.05) is 11.3 Å². The van der Waals surface area contributed by atoms with Gasteiger partial charge in [-0.15, -0.1) is 0 Å². The van der Waals surface area contributed by atoms with Crippen molar-refractivity contribution < 1.29 is 9.59 Å². The first-order chi connectivity index (χ1) is 5.08. The van der Waals surface area contributed by atoms with Crippen LogP contribution >= 0.6 is 0 Å². The molecule has 2 unspecified atom stereocenters. The molecule has 0 heterocycles. The highest BCUT2D eigenvalue weighted by Gasteiger charge is 2.23. The maximum absolute atomic E-state index is 10.6. The Kier molecular flexibility index (Phi) is 4.01. The lowest BCUT2D eigenvalue weighted by Gasteiger charge is -2.21. The fourth-order valence-corrected chi connectivity index (χ4v) is 1.06. The van der Waals surface area contributed by atoms with Crippen molar-refractivity contribution >= 4 is 12.6 Å². The normalized spacial score (nSPS) is 18.5. The molecule has 11 heavy (non-hydrogen) atoms.